The van der Waals surface area contributed by atoms with Crippen LogP contribution in [0, 0.1) is 5.82 Å². The Hall–Kier alpha value is -2.41. The molecule has 2 aliphatic heterocycles. The molecule has 2 fully saturated rings. The lowest BCUT2D eigenvalue weighted by Gasteiger charge is -2.43. The maximum atomic E-state index is 13.2. The van der Waals surface area contributed by atoms with Gasteiger partial charge in [-0.25, -0.2) is 4.39 Å². The molecular formula is C22H29FN4O2. The molecule has 7 heteroatoms. The molecule has 6 nitrogen and oxygen atoms in total. The summed E-state index contributed by atoms with van der Waals surface area (Å²) in [6.07, 6.45) is 3.90. The van der Waals surface area contributed by atoms with Crippen LogP contribution in [0.4, 0.5) is 10.1 Å². The molecule has 0 unspecified atom stereocenters. The Morgan fingerprint density at radius 2 is 1.93 bits per heavy atom. The van der Waals surface area contributed by atoms with Gasteiger partial charge in [-0.3, -0.25) is 9.69 Å². The number of aryl methyl sites for hydroxylation is 1. The van der Waals surface area contributed by atoms with E-state index in [0.29, 0.717) is 11.7 Å². The molecule has 0 spiro atoms. The highest BCUT2D eigenvalue weighted by Gasteiger charge is 2.31. The van der Waals surface area contributed by atoms with Gasteiger partial charge in [0.05, 0.1) is 0 Å². The Morgan fingerprint density at radius 3 is 2.66 bits per heavy atom. The highest BCUT2D eigenvalue weighted by molar-refractivity contribution is 5.92. The first-order valence-corrected chi connectivity index (χ1v) is 10.6. The predicted molar refractivity (Wildman–Crippen MR) is 110 cm³/mol. The standard InChI is InChI=1S/C22H29FN4O2/c1-2-4-20-15-21(24-29-20)22(28)27-10-3-5-19(16-27)26-13-11-25(12-14-26)18-8-6-17(23)7-9-18/h6-9,15,19H,2-5,10-14,16H2,1H3/t19-/m1/s1. The lowest BCUT2D eigenvalue weighted by molar-refractivity contribution is 0.0554. The van der Waals surface area contributed by atoms with E-state index in [1.165, 1.54) is 12.1 Å². The summed E-state index contributed by atoms with van der Waals surface area (Å²) in [5.74, 6) is 0.556. The van der Waals surface area contributed by atoms with Crippen molar-refractivity contribution in [2.75, 3.05) is 44.2 Å². The van der Waals surface area contributed by atoms with E-state index < -0.39 is 0 Å². The number of hydrogen-bond acceptors (Lipinski definition) is 5. The van der Waals surface area contributed by atoms with E-state index in [2.05, 4.69) is 21.9 Å². The molecule has 156 valence electrons. The summed E-state index contributed by atoms with van der Waals surface area (Å²) < 4.78 is 18.4. The van der Waals surface area contributed by atoms with Gasteiger partial charge < -0.3 is 14.3 Å². The number of likely N-dealkylation sites (tertiary alicyclic amines) is 1. The average Bonchev–Trinajstić information content (AvgIpc) is 3.23. The zero-order valence-electron chi connectivity index (χ0n) is 17.0. The molecule has 2 saturated heterocycles. The molecule has 0 aliphatic carbocycles. The molecule has 1 amide bonds. The third-order valence-electron chi connectivity index (χ3n) is 5.98. The summed E-state index contributed by atoms with van der Waals surface area (Å²) in [6.45, 7) is 7.34. The molecule has 0 radical (unpaired) electrons. The van der Waals surface area contributed by atoms with Crippen molar-refractivity contribution in [1.29, 1.82) is 0 Å². The molecule has 0 saturated carbocycles. The van der Waals surface area contributed by atoms with E-state index in [1.807, 2.05) is 17.0 Å². The van der Waals surface area contributed by atoms with Crippen molar-refractivity contribution in [3.8, 4) is 0 Å². The van der Waals surface area contributed by atoms with Crippen LogP contribution in [0.2, 0.25) is 0 Å². The van der Waals surface area contributed by atoms with Gasteiger partial charge >= 0.3 is 0 Å². The molecule has 1 atom stereocenters. The van der Waals surface area contributed by atoms with Crippen molar-refractivity contribution in [2.24, 2.45) is 0 Å². The molecule has 29 heavy (non-hydrogen) atoms. The van der Waals surface area contributed by atoms with Crippen LogP contribution in [0.1, 0.15) is 42.4 Å². The van der Waals surface area contributed by atoms with Crippen LogP contribution >= 0.6 is 0 Å². The number of piperidine rings is 1. The zero-order chi connectivity index (χ0) is 20.2. The van der Waals surface area contributed by atoms with Gasteiger partial charge in [-0.15, -0.1) is 0 Å². The summed E-state index contributed by atoms with van der Waals surface area (Å²) in [6, 6.07) is 8.89. The topological polar surface area (TPSA) is 52.8 Å². The van der Waals surface area contributed by atoms with Crippen molar-refractivity contribution in [1.82, 2.24) is 15.0 Å². The average molecular weight is 400 g/mol. The van der Waals surface area contributed by atoms with E-state index in [9.17, 15) is 9.18 Å². The number of carbonyl (C=O) groups excluding carboxylic acids is 1. The fourth-order valence-electron chi connectivity index (χ4n) is 4.37. The number of aromatic nitrogens is 1. The van der Waals surface area contributed by atoms with Crippen LogP contribution in [0.5, 0.6) is 0 Å². The Morgan fingerprint density at radius 1 is 1.17 bits per heavy atom. The molecule has 1 aromatic heterocycles. The van der Waals surface area contributed by atoms with Crippen LogP contribution in [0.25, 0.3) is 0 Å². The Labute approximate surface area is 171 Å². The Balaban J connectivity index is 1.32. The van der Waals surface area contributed by atoms with E-state index in [-0.39, 0.29) is 11.7 Å². The number of benzene rings is 1. The summed E-state index contributed by atoms with van der Waals surface area (Å²) in [7, 11) is 0. The Bertz CT molecular complexity index is 814. The fraction of sp³-hybridized carbons (Fsp3) is 0.545. The number of piperazine rings is 1. The second kappa shape index (κ2) is 8.95. The normalized spacial score (nSPS) is 20.8. The third-order valence-corrected chi connectivity index (χ3v) is 5.98. The SMILES string of the molecule is CCCc1cc(C(=O)N2CCC[C@@H](N3CCN(c4ccc(F)cc4)CC3)C2)no1. The first-order chi connectivity index (χ1) is 14.1. The number of rotatable bonds is 5. The second-order valence-electron chi connectivity index (χ2n) is 7.98. The monoisotopic (exact) mass is 400 g/mol. The molecule has 2 aliphatic rings. The fourth-order valence-corrected chi connectivity index (χ4v) is 4.37. The number of anilines is 1. The third kappa shape index (κ3) is 4.61. The summed E-state index contributed by atoms with van der Waals surface area (Å²) >= 11 is 0. The maximum Gasteiger partial charge on any atom is 0.276 e. The molecule has 0 N–H and O–H groups in total. The minimum Gasteiger partial charge on any atom is -0.369 e. The van der Waals surface area contributed by atoms with Crippen molar-refractivity contribution in [3.05, 3.63) is 47.6 Å². The highest BCUT2D eigenvalue weighted by Crippen LogP contribution is 2.22. The number of halogens is 1. The van der Waals surface area contributed by atoms with Crippen LogP contribution in [-0.4, -0.2) is 66.2 Å². The lowest BCUT2D eigenvalue weighted by Crippen LogP contribution is -2.55. The first-order valence-electron chi connectivity index (χ1n) is 10.6. The van der Waals surface area contributed by atoms with Crippen LogP contribution in [0.3, 0.4) is 0 Å². The van der Waals surface area contributed by atoms with Gasteiger partial charge in [-0.2, -0.15) is 0 Å². The minimum atomic E-state index is -0.201. The highest BCUT2D eigenvalue weighted by atomic mass is 19.1. The van der Waals surface area contributed by atoms with Gasteiger partial charge in [0.15, 0.2) is 5.69 Å². The van der Waals surface area contributed by atoms with Gasteiger partial charge in [0.25, 0.3) is 5.91 Å². The minimum absolute atomic E-state index is 0.0225. The van der Waals surface area contributed by atoms with E-state index in [4.69, 9.17) is 4.52 Å². The van der Waals surface area contributed by atoms with E-state index in [1.54, 1.807) is 6.07 Å². The molecular weight excluding hydrogens is 371 g/mol. The largest absolute Gasteiger partial charge is 0.369 e. The number of carbonyl (C=O) groups is 1. The van der Waals surface area contributed by atoms with Crippen molar-refractivity contribution >= 4 is 11.6 Å². The predicted octanol–water partition coefficient (Wildman–Crippen LogP) is 3.19. The summed E-state index contributed by atoms with van der Waals surface area (Å²) in [5, 5.41) is 3.98. The number of hydrogen-bond donors (Lipinski definition) is 0. The smallest absolute Gasteiger partial charge is 0.276 e. The second-order valence-corrected chi connectivity index (χ2v) is 7.98. The molecule has 0 bridgehead atoms. The number of nitrogens with zero attached hydrogens (tertiary/aromatic N) is 4. The van der Waals surface area contributed by atoms with E-state index in [0.717, 1.165) is 76.4 Å². The Kier molecular flexibility index (Phi) is 6.13. The van der Waals surface area contributed by atoms with Crippen molar-refractivity contribution in [3.63, 3.8) is 0 Å². The zero-order valence-corrected chi connectivity index (χ0v) is 17.0. The summed E-state index contributed by atoms with van der Waals surface area (Å²) in [5.41, 5.74) is 1.50. The van der Waals surface area contributed by atoms with Crippen LogP contribution < -0.4 is 4.90 Å². The first kappa shape index (κ1) is 19.9. The quantitative estimate of drug-likeness (QED) is 0.772. The molecule has 1 aromatic carbocycles. The molecule has 3 heterocycles. The maximum absolute atomic E-state index is 13.2. The van der Waals surface area contributed by atoms with Gasteiger partial charge in [0.2, 0.25) is 0 Å². The lowest BCUT2D eigenvalue weighted by atomic mass is 10.0. The summed E-state index contributed by atoms with van der Waals surface area (Å²) in [4.78, 5) is 19.6. The molecule has 2 aromatic rings. The van der Waals surface area contributed by atoms with Gasteiger partial charge in [0.1, 0.15) is 11.6 Å². The number of amides is 1. The van der Waals surface area contributed by atoms with Gasteiger partial charge in [-0.1, -0.05) is 12.1 Å². The van der Waals surface area contributed by atoms with Crippen LogP contribution in [0.15, 0.2) is 34.9 Å². The van der Waals surface area contributed by atoms with Crippen molar-refractivity contribution in [2.45, 2.75) is 38.6 Å². The van der Waals surface area contributed by atoms with Crippen LogP contribution in [-0.2, 0) is 6.42 Å². The van der Waals surface area contributed by atoms with Gasteiger partial charge in [0, 0.05) is 63.5 Å². The van der Waals surface area contributed by atoms with Gasteiger partial charge in [-0.05, 0) is 43.5 Å². The van der Waals surface area contributed by atoms with E-state index >= 15 is 0 Å². The molecule has 4 rings (SSSR count). The van der Waals surface area contributed by atoms with Crippen molar-refractivity contribution < 1.29 is 13.7 Å².